The van der Waals surface area contributed by atoms with E-state index in [-0.39, 0.29) is 11.7 Å². The third-order valence-electron chi connectivity index (χ3n) is 3.94. The average molecular weight is 231 g/mol. The molecule has 0 N–H and O–H groups in total. The molecule has 0 amide bonds. The molecule has 2 nitrogen and oxygen atoms in total. The minimum absolute atomic E-state index is 0.211. The van der Waals surface area contributed by atoms with Gasteiger partial charge in [-0.1, -0.05) is 26.2 Å². The molecule has 0 aromatic carbocycles. The largest absolute Gasteiger partial charge is 0.292 e. The first-order chi connectivity index (χ1) is 8.22. The minimum atomic E-state index is 0.211. The number of carbonyl (C=O) groups excluding carboxylic acids is 1. The van der Waals surface area contributed by atoms with E-state index in [1.54, 1.807) is 6.20 Å². The van der Waals surface area contributed by atoms with Gasteiger partial charge in [0.1, 0.15) is 5.69 Å². The molecule has 1 heterocycles. The van der Waals surface area contributed by atoms with Crippen molar-refractivity contribution in [2.75, 3.05) is 0 Å². The van der Waals surface area contributed by atoms with Crippen molar-refractivity contribution >= 4 is 5.78 Å². The molecule has 17 heavy (non-hydrogen) atoms. The second-order valence-corrected chi connectivity index (χ2v) is 5.14. The van der Waals surface area contributed by atoms with Crippen LogP contribution in [0.4, 0.5) is 0 Å². The molecule has 0 spiro atoms. The van der Waals surface area contributed by atoms with Gasteiger partial charge in [0.25, 0.3) is 0 Å². The summed E-state index contributed by atoms with van der Waals surface area (Å²) in [5, 5.41) is 0. The van der Waals surface area contributed by atoms with E-state index in [1.165, 1.54) is 19.3 Å². The molecule has 1 saturated carbocycles. The van der Waals surface area contributed by atoms with Crippen LogP contribution in [0, 0.1) is 18.8 Å². The van der Waals surface area contributed by atoms with Gasteiger partial charge in [0.15, 0.2) is 5.78 Å². The Labute approximate surface area is 103 Å². The van der Waals surface area contributed by atoms with Crippen LogP contribution in [-0.2, 0) is 0 Å². The standard InChI is InChI=1S/C15H21NO/c1-3-12-6-4-5-7-13(12)15(17)14-10-11(2)8-9-16-14/h8-10,12-13H,3-7H2,1-2H3. The lowest BCUT2D eigenvalue weighted by Crippen LogP contribution is -2.27. The Balaban J connectivity index is 2.18. The van der Waals surface area contributed by atoms with Gasteiger partial charge < -0.3 is 0 Å². The van der Waals surface area contributed by atoms with Crippen LogP contribution in [-0.4, -0.2) is 10.8 Å². The van der Waals surface area contributed by atoms with Crippen LogP contribution in [0.5, 0.6) is 0 Å². The molecule has 0 aliphatic heterocycles. The van der Waals surface area contributed by atoms with Crippen LogP contribution < -0.4 is 0 Å². The zero-order valence-electron chi connectivity index (χ0n) is 10.8. The topological polar surface area (TPSA) is 30.0 Å². The van der Waals surface area contributed by atoms with Crippen LogP contribution in [0.25, 0.3) is 0 Å². The minimum Gasteiger partial charge on any atom is -0.292 e. The highest BCUT2D eigenvalue weighted by Gasteiger charge is 2.30. The zero-order chi connectivity index (χ0) is 12.3. The number of hydrogen-bond donors (Lipinski definition) is 0. The van der Waals surface area contributed by atoms with Gasteiger partial charge in [0.2, 0.25) is 0 Å². The van der Waals surface area contributed by atoms with Gasteiger partial charge in [-0.3, -0.25) is 9.78 Å². The monoisotopic (exact) mass is 231 g/mol. The Morgan fingerprint density at radius 2 is 2.18 bits per heavy atom. The molecule has 2 unspecified atom stereocenters. The van der Waals surface area contributed by atoms with E-state index in [0.29, 0.717) is 11.6 Å². The Morgan fingerprint density at radius 3 is 2.88 bits per heavy atom. The first kappa shape index (κ1) is 12.3. The number of rotatable bonds is 3. The summed E-state index contributed by atoms with van der Waals surface area (Å²) >= 11 is 0. The van der Waals surface area contributed by atoms with Gasteiger partial charge in [-0.15, -0.1) is 0 Å². The molecule has 1 aromatic heterocycles. The highest BCUT2D eigenvalue weighted by atomic mass is 16.1. The van der Waals surface area contributed by atoms with Crippen molar-refractivity contribution in [3.63, 3.8) is 0 Å². The average Bonchev–Trinajstić information content (AvgIpc) is 2.38. The van der Waals surface area contributed by atoms with Crippen LogP contribution in [0.2, 0.25) is 0 Å². The van der Waals surface area contributed by atoms with Crippen molar-refractivity contribution in [3.05, 3.63) is 29.6 Å². The summed E-state index contributed by atoms with van der Waals surface area (Å²) in [4.78, 5) is 16.7. The van der Waals surface area contributed by atoms with Crippen molar-refractivity contribution in [1.82, 2.24) is 4.98 Å². The van der Waals surface area contributed by atoms with Crippen molar-refractivity contribution in [1.29, 1.82) is 0 Å². The normalized spacial score (nSPS) is 24.6. The van der Waals surface area contributed by atoms with E-state index in [4.69, 9.17) is 0 Å². The van der Waals surface area contributed by atoms with E-state index in [1.807, 2.05) is 19.1 Å². The number of hydrogen-bond acceptors (Lipinski definition) is 2. The van der Waals surface area contributed by atoms with E-state index >= 15 is 0 Å². The predicted molar refractivity (Wildman–Crippen MR) is 69.0 cm³/mol. The van der Waals surface area contributed by atoms with Crippen molar-refractivity contribution in [2.45, 2.75) is 46.0 Å². The van der Waals surface area contributed by atoms with Crippen LogP contribution in [0.3, 0.4) is 0 Å². The summed E-state index contributed by atoms with van der Waals surface area (Å²) in [5.74, 6) is 1.04. The number of carbonyl (C=O) groups is 1. The fourth-order valence-corrected chi connectivity index (χ4v) is 2.90. The van der Waals surface area contributed by atoms with Gasteiger partial charge in [-0.05, 0) is 43.4 Å². The smallest absolute Gasteiger partial charge is 0.184 e. The Hall–Kier alpha value is -1.18. The lowest BCUT2D eigenvalue weighted by atomic mass is 9.75. The molecule has 2 heteroatoms. The highest BCUT2D eigenvalue weighted by molar-refractivity contribution is 5.96. The fraction of sp³-hybridized carbons (Fsp3) is 0.600. The third kappa shape index (κ3) is 2.74. The highest BCUT2D eigenvalue weighted by Crippen LogP contribution is 2.34. The summed E-state index contributed by atoms with van der Waals surface area (Å²) in [6.07, 6.45) is 7.59. The maximum atomic E-state index is 12.5. The van der Waals surface area contributed by atoms with Gasteiger partial charge in [-0.2, -0.15) is 0 Å². The molecule has 1 aliphatic rings. The number of Topliss-reactive ketones (excluding diaryl/α,β-unsaturated/α-hetero) is 1. The van der Waals surface area contributed by atoms with Gasteiger partial charge >= 0.3 is 0 Å². The number of aryl methyl sites for hydroxylation is 1. The Bertz CT molecular complexity index is 400. The molecule has 0 bridgehead atoms. The lowest BCUT2D eigenvalue weighted by molar-refractivity contribution is 0.0815. The van der Waals surface area contributed by atoms with Gasteiger partial charge in [0.05, 0.1) is 0 Å². The quantitative estimate of drug-likeness (QED) is 0.741. The molecule has 2 rings (SSSR count). The number of pyridine rings is 1. The Kier molecular flexibility index (Phi) is 3.93. The summed E-state index contributed by atoms with van der Waals surface area (Å²) in [6.45, 7) is 4.20. The van der Waals surface area contributed by atoms with E-state index in [2.05, 4.69) is 11.9 Å². The molecule has 1 aliphatic carbocycles. The fourth-order valence-electron chi connectivity index (χ4n) is 2.90. The molecule has 0 radical (unpaired) electrons. The van der Waals surface area contributed by atoms with Crippen LogP contribution >= 0.6 is 0 Å². The number of aromatic nitrogens is 1. The van der Waals surface area contributed by atoms with Crippen molar-refractivity contribution < 1.29 is 4.79 Å². The molecular formula is C15H21NO. The Morgan fingerprint density at radius 1 is 1.41 bits per heavy atom. The van der Waals surface area contributed by atoms with Crippen LogP contribution in [0.15, 0.2) is 18.3 Å². The second-order valence-electron chi connectivity index (χ2n) is 5.14. The SMILES string of the molecule is CCC1CCCCC1C(=O)c1cc(C)ccn1. The molecule has 1 aromatic rings. The zero-order valence-corrected chi connectivity index (χ0v) is 10.8. The summed E-state index contributed by atoms with van der Waals surface area (Å²) < 4.78 is 0. The van der Waals surface area contributed by atoms with Gasteiger partial charge in [0, 0.05) is 12.1 Å². The first-order valence-corrected chi connectivity index (χ1v) is 6.69. The van der Waals surface area contributed by atoms with E-state index in [0.717, 1.165) is 18.4 Å². The van der Waals surface area contributed by atoms with E-state index in [9.17, 15) is 4.79 Å². The summed E-state index contributed by atoms with van der Waals surface area (Å²) in [7, 11) is 0. The first-order valence-electron chi connectivity index (χ1n) is 6.69. The second kappa shape index (κ2) is 5.44. The maximum absolute atomic E-state index is 12.5. The number of ketones is 1. The van der Waals surface area contributed by atoms with Crippen molar-refractivity contribution in [3.8, 4) is 0 Å². The molecule has 0 saturated heterocycles. The summed E-state index contributed by atoms with van der Waals surface area (Å²) in [6, 6.07) is 3.86. The predicted octanol–water partition coefficient (Wildman–Crippen LogP) is 3.79. The van der Waals surface area contributed by atoms with E-state index < -0.39 is 0 Å². The van der Waals surface area contributed by atoms with Crippen LogP contribution in [0.1, 0.15) is 55.1 Å². The summed E-state index contributed by atoms with van der Waals surface area (Å²) in [5.41, 5.74) is 1.78. The van der Waals surface area contributed by atoms with Gasteiger partial charge in [-0.25, -0.2) is 0 Å². The van der Waals surface area contributed by atoms with Crippen molar-refractivity contribution in [2.24, 2.45) is 11.8 Å². The molecular weight excluding hydrogens is 210 g/mol. The molecule has 1 fully saturated rings. The molecule has 92 valence electrons. The number of nitrogens with zero attached hydrogens (tertiary/aromatic N) is 1. The molecule has 2 atom stereocenters. The lowest BCUT2D eigenvalue weighted by Gasteiger charge is -2.29. The third-order valence-corrected chi connectivity index (χ3v) is 3.94. The maximum Gasteiger partial charge on any atom is 0.184 e.